The number of fused-ring (bicyclic) bond motifs is 2. The average Bonchev–Trinajstić information content (AvgIpc) is 2.91. The molecule has 0 spiro atoms. The van der Waals surface area contributed by atoms with Gasteiger partial charge in [-0.25, -0.2) is 0 Å². The first-order chi connectivity index (χ1) is 11.6. The highest BCUT2D eigenvalue weighted by Crippen LogP contribution is 2.24. The molecule has 2 aromatic carbocycles. The summed E-state index contributed by atoms with van der Waals surface area (Å²) < 4.78 is 7.71. The SMILES string of the molecule is Cc1ccc2cc(C(=O)NC3COc4ccccc4C3)n(C)c2c1. The van der Waals surface area contributed by atoms with Crippen molar-refractivity contribution in [2.45, 2.75) is 19.4 Å². The standard InChI is InChI=1S/C20H20N2O2/c1-13-7-8-14-11-18(22(2)17(14)9-13)20(23)21-16-10-15-5-3-4-6-19(15)24-12-16/h3-9,11,16H,10,12H2,1-2H3,(H,21,23). The van der Waals surface area contributed by atoms with E-state index in [0.717, 1.165) is 28.6 Å². The Bertz CT molecular complexity index is 927. The maximum absolute atomic E-state index is 12.7. The molecule has 24 heavy (non-hydrogen) atoms. The molecule has 0 fully saturated rings. The van der Waals surface area contributed by atoms with Gasteiger partial charge in [0.25, 0.3) is 5.91 Å². The zero-order valence-corrected chi connectivity index (χ0v) is 13.9. The molecule has 1 aliphatic rings. The minimum Gasteiger partial charge on any atom is -0.491 e. The molecule has 2 heterocycles. The van der Waals surface area contributed by atoms with Gasteiger partial charge in [0.1, 0.15) is 18.1 Å². The van der Waals surface area contributed by atoms with E-state index < -0.39 is 0 Å². The van der Waals surface area contributed by atoms with Crippen LogP contribution in [0.5, 0.6) is 5.75 Å². The fraction of sp³-hybridized carbons (Fsp3) is 0.250. The van der Waals surface area contributed by atoms with E-state index >= 15 is 0 Å². The number of benzene rings is 2. The molecule has 0 saturated carbocycles. The highest BCUT2D eigenvalue weighted by molar-refractivity contribution is 5.99. The van der Waals surface area contributed by atoms with Gasteiger partial charge >= 0.3 is 0 Å². The van der Waals surface area contributed by atoms with E-state index in [1.807, 2.05) is 41.9 Å². The Morgan fingerprint density at radius 1 is 1.21 bits per heavy atom. The van der Waals surface area contributed by atoms with Gasteiger partial charge in [0.2, 0.25) is 0 Å². The topological polar surface area (TPSA) is 43.3 Å². The van der Waals surface area contributed by atoms with Gasteiger partial charge in [0, 0.05) is 18.0 Å². The maximum atomic E-state index is 12.7. The Morgan fingerprint density at radius 3 is 2.92 bits per heavy atom. The van der Waals surface area contributed by atoms with Crippen LogP contribution >= 0.6 is 0 Å². The molecule has 0 bridgehead atoms. The van der Waals surface area contributed by atoms with Gasteiger partial charge in [-0.15, -0.1) is 0 Å². The molecule has 0 radical (unpaired) electrons. The van der Waals surface area contributed by atoms with E-state index in [4.69, 9.17) is 4.74 Å². The lowest BCUT2D eigenvalue weighted by atomic mass is 10.0. The van der Waals surface area contributed by atoms with Gasteiger partial charge in [-0.1, -0.05) is 30.3 Å². The van der Waals surface area contributed by atoms with Gasteiger partial charge in [0.05, 0.1) is 6.04 Å². The van der Waals surface area contributed by atoms with Crippen molar-refractivity contribution in [1.82, 2.24) is 9.88 Å². The third kappa shape index (κ3) is 2.54. The summed E-state index contributed by atoms with van der Waals surface area (Å²) in [6, 6.07) is 16.2. The molecular formula is C20H20N2O2. The molecule has 0 saturated heterocycles. The summed E-state index contributed by atoms with van der Waals surface area (Å²) in [5, 5.41) is 4.19. The number of carbonyl (C=O) groups is 1. The number of rotatable bonds is 2. The summed E-state index contributed by atoms with van der Waals surface area (Å²) in [5.74, 6) is 0.863. The van der Waals surface area contributed by atoms with Crippen molar-refractivity contribution >= 4 is 16.8 Å². The zero-order valence-electron chi connectivity index (χ0n) is 13.9. The number of nitrogens with one attached hydrogen (secondary N) is 1. The van der Waals surface area contributed by atoms with Crippen LogP contribution in [0.2, 0.25) is 0 Å². The summed E-state index contributed by atoms with van der Waals surface area (Å²) in [7, 11) is 1.93. The summed E-state index contributed by atoms with van der Waals surface area (Å²) in [6.07, 6.45) is 0.797. The molecule has 1 N–H and O–H groups in total. The lowest BCUT2D eigenvalue weighted by molar-refractivity contribution is 0.0907. The smallest absolute Gasteiger partial charge is 0.268 e. The average molecular weight is 320 g/mol. The second kappa shape index (κ2) is 5.71. The van der Waals surface area contributed by atoms with Crippen LogP contribution < -0.4 is 10.1 Å². The number of aromatic nitrogens is 1. The Labute approximate surface area is 141 Å². The Balaban J connectivity index is 1.56. The summed E-state index contributed by atoms with van der Waals surface area (Å²) in [5.41, 5.74) is 4.08. The third-order valence-electron chi connectivity index (χ3n) is 4.65. The molecule has 1 aromatic heterocycles. The Morgan fingerprint density at radius 2 is 2.04 bits per heavy atom. The van der Waals surface area contributed by atoms with Crippen molar-refractivity contribution in [2.24, 2.45) is 7.05 Å². The number of aryl methyl sites for hydroxylation is 2. The van der Waals surface area contributed by atoms with Crippen LogP contribution in [-0.2, 0) is 13.5 Å². The molecule has 1 unspecified atom stereocenters. The fourth-order valence-electron chi connectivity index (χ4n) is 3.34. The van der Waals surface area contributed by atoms with E-state index in [0.29, 0.717) is 12.3 Å². The monoisotopic (exact) mass is 320 g/mol. The second-order valence-electron chi connectivity index (χ2n) is 6.44. The Hall–Kier alpha value is -2.75. The van der Waals surface area contributed by atoms with Crippen molar-refractivity contribution in [1.29, 1.82) is 0 Å². The molecule has 4 rings (SSSR count). The summed E-state index contributed by atoms with van der Waals surface area (Å²) in [4.78, 5) is 12.7. The lowest BCUT2D eigenvalue weighted by Gasteiger charge is -2.26. The number of amides is 1. The van der Waals surface area contributed by atoms with Crippen LogP contribution in [0.25, 0.3) is 10.9 Å². The van der Waals surface area contributed by atoms with Crippen molar-refractivity contribution < 1.29 is 9.53 Å². The quantitative estimate of drug-likeness (QED) is 0.788. The number of carbonyl (C=O) groups excluding carboxylic acids is 1. The first kappa shape index (κ1) is 14.8. The van der Waals surface area contributed by atoms with Crippen molar-refractivity contribution in [3.8, 4) is 5.75 Å². The minimum absolute atomic E-state index is 0.00727. The highest BCUT2D eigenvalue weighted by atomic mass is 16.5. The number of para-hydroxylation sites is 1. The number of nitrogens with zero attached hydrogens (tertiary/aromatic N) is 1. The third-order valence-corrected chi connectivity index (χ3v) is 4.65. The molecule has 0 aliphatic carbocycles. The van der Waals surface area contributed by atoms with Gasteiger partial charge in [-0.05, 0) is 42.7 Å². The first-order valence-corrected chi connectivity index (χ1v) is 8.19. The molecular weight excluding hydrogens is 300 g/mol. The number of hydrogen-bond donors (Lipinski definition) is 1. The molecule has 1 amide bonds. The largest absolute Gasteiger partial charge is 0.491 e. The van der Waals surface area contributed by atoms with Crippen LogP contribution in [-0.4, -0.2) is 23.1 Å². The van der Waals surface area contributed by atoms with Crippen LogP contribution in [0.1, 0.15) is 21.6 Å². The van der Waals surface area contributed by atoms with Gasteiger partial charge in [-0.2, -0.15) is 0 Å². The number of hydrogen-bond acceptors (Lipinski definition) is 2. The highest BCUT2D eigenvalue weighted by Gasteiger charge is 2.23. The predicted molar refractivity (Wildman–Crippen MR) is 94.6 cm³/mol. The zero-order chi connectivity index (χ0) is 16.7. The van der Waals surface area contributed by atoms with E-state index in [2.05, 4.69) is 30.4 Å². The van der Waals surface area contributed by atoms with Crippen LogP contribution in [0.3, 0.4) is 0 Å². The van der Waals surface area contributed by atoms with E-state index in [1.165, 1.54) is 5.56 Å². The molecule has 4 heteroatoms. The normalized spacial score (nSPS) is 16.5. The van der Waals surface area contributed by atoms with E-state index in [1.54, 1.807) is 0 Å². The number of ether oxygens (including phenoxy) is 1. The second-order valence-corrected chi connectivity index (χ2v) is 6.44. The summed E-state index contributed by atoms with van der Waals surface area (Å²) >= 11 is 0. The predicted octanol–water partition coefficient (Wildman–Crippen LogP) is 3.22. The lowest BCUT2D eigenvalue weighted by Crippen LogP contribution is -2.43. The van der Waals surface area contributed by atoms with E-state index in [9.17, 15) is 4.79 Å². The van der Waals surface area contributed by atoms with Gasteiger partial charge in [0.15, 0.2) is 0 Å². The van der Waals surface area contributed by atoms with Crippen molar-refractivity contribution in [2.75, 3.05) is 6.61 Å². The first-order valence-electron chi connectivity index (χ1n) is 8.19. The van der Waals surface area contributed by atoms with Crippen molar-refractivity contribution in [3.63, 3.8) is 0 Å². The molecule has 3 aromatic rings. The van der Waals surface area contributed by atoms with Crippen LogP contribution in [0.4, 0.5) is 0 Å². The van der Waals surface area contributed by atoms with Gasteiger partial charge < -0.3 is 14.6 Å². The summed E-state index contributed by atoms with van der Waals surface area (Å²) in [6.45, 7) is 2.56. The minimum atomic E-state index is -0.0562. The molecule has 4 nitrogen and oxygen atoms in total. The van der Waals surface area contributed by atoms with Crippen LogP contribution in [0, 0.1) is 6.92 Å². The van der Waals surface area contributed by atoms with Crippen LogP contribution in [0.15, 0.2) is 48.5 Å². The van der Waals surface area contributed by atoms with Crippen molar-refractivity contribution in [3.05, 3.63) is 65.4 Å². The van der Waals surface area contributed by atoms with E-state index in [-0.39, 0.29) is 11.9 Å². The molecule has 122 valence electrons. The maximum Gasteiger partial charge on any atom is 0.268 e. The fourth-order valence-corrected chi connectivity index (χ4v) is 3.34. The van der Waals surface area contributed by atoms with Gasteiger partial charge in [-0.3, -0.25) is 4.79 Å². The Kier molecular flexibility index (Phi) is 3.53. The molecule has 1 aliphatic heterocycles. The molecule has 1 atom stereocenters.